The number of anilines is 1. The van der Waals surface area contributed by atoms with Crippen molar-refractivity contribution in [2.45, 2.75) is 24.9 Å². The molecule has 6 heteroatoms. The molecule has 0 aliphatic carbocycles. The van der Waals surface area contributed by atoms with E-state index in [1.807, 2.05) is 42.5 Å². The lowest BCUT2D eigenvalue weighted by Crippen LogP contribution is -2.48. The third-order valence-electron chi connectivity index (χ3n) is 5.23. The third-order valence-corrected chi connectivity index (χ3v) is 5.59. The summed E-state index contributed by atoms with van der Waals surface area (Å²) < 4.78 is 5.27. The van der Waals surface area contributed by atoms with Crippen molar-refractivity contribution < 1.29 is 9.57 Å². The van der Waals surface area contributed by atoms with Gasteiger partial charge in [-0.05, 0) is 29.9 Å². The number of hydrogen-bond acceptors (Lipinski definition) is 4. The topological polar surface area (TPSA) is 46.1 Å². The lowest BCUT2D eigenvalue weighted by atomic mass is 9.85. The molecule has 2 aromatic carbocycles. The van der Waals surface area contributed by atoms with Crippen LogP contribution in [0.2, 0.25) is 0 Å². The lowest BCUT2D eigenvalue weighted by molar-refractivity contribution is -0.0521. The smallest absolute Gasteiger partial charge is 0.173 e. The van der Waals surface area contributed by atoms with Crippen LogP contribution in [-0.2, 0) is 4.84 Å². The number of nitrogens with one attached hydrogen (secondary N) is 1. The van der Waals surface area contributed by atoms with Gasteiger partial charge in [0.2, 0.25) is 0 Å². The van der Waals surface area contributed by atoms with E-state index < -0.39 is 0 Å². The first kappa shape index (κ1) is 17.8. The number of nitrogens with zero attached hydrogens (tertiary/aromatic N) is 2. The van der Waals surface area contributed by atoms with Gasteiger partial charge in [-0.15, -0.1) is 0 Å². The molecule has 5 nitrogen and oxygen atoms in total. The van der Waals surface area contributed by atoms with Crippen LogP contribution in [0.1, 0.15) is 24.8 Å². The van der Waals surface area contributed by atoms with Gasteiger partial charge in [0.25, 0.3) is 0 Å². The summed E-state index contributed by atoms with van der Waals surface area (Å²) in [6.07, 6.45) is 2.68. The molecule has 0 amide bonds. The van der Waals surface area contributed by atoms with Gasteiger partial charge in [0.05, 0.1) is 12.8 Å². The zero-order valence-corrected chi connectivity index (χ0v) is 16.2. The Morgan fingerprint density at radius 1 is 1.15 bits per heavy atom. The fourth-order valence-electron chi connectivity index (χ4n) is 3.60. The van der Waals surface area contributed by atoms with Gasteiger partial charge in [0.15, 0.2) is 5.11 Å². The fraction of sp³-hybridized carbons (Fsp3) is 0.333. The highest BCUT2D eigenvalue weighted by molar-refractivity contribution is 7.80. The molecule has 0 radical (unpaired) electrons. The summed E-state index contributed by atoms with van der Waals surface area (Å²) in [5, 5.41) is 8.42. The summed E-state index contributed by atoms with van der Waals surface area (Å²) in [5.41, 5.74) is 2.94. The Kier molecular flexibility index (Phi) is 4.99. The molecule has 0 saturated carbocycles. The minimum atomic E-state index is -0.187. The Morgan fingerprint density at radius 3 is 2.67 bits per heavy atom. The van der Waals surface area contributed by atoms with E-state index >= 15 is 0 Å². The van der Waals surface area contributed by atoms with Crippen LogP contribution < -0.4 is 10.1 Å². The molecule has 27 heavy (non-hydrogen) atoms. The van der Waals surface area contributed by atoms with Crippen molar-refractivity contribution in [1.29, 1.82) is 0 Å². The molecule has 0 atom stereocenters. The minimum Gasteiger partial charge on any atom is -0.497 e. The summed E-state index contributed by atoms with van der Waals surface area (Å²) in [5.74, 6) is 0.811. The Balaban J connectivity index is 1.33. The molecule has 0 unspecified atom stereocenters. The molecule has 1 spiro atoms. The molecular formula is C21H23N3O2S. The van der Waals surface area contributed by atoms with Gasteiger partial charge in [0.1, 0.15) is 11.4 Å². The number of hydrogen-bond donors (Lipinski definition) is 1. The maximum Gasteiger partial charge on any atom is 0.173 e. The van der Waals surface area contributed by atoms with Crippen molar-refractivity contribution in [3.8, 4) is 5.75 Å². The molecule has 0 aromatic heterocycles. The summed E-state index contributed by atoms with van der Waals surface area (Å²) in [4.78, 5) is 8.10. The molecule has 2 heterocycles. The second kappa shape index (κ2) is 7.56. The summed E-state index contributed by atoms with van der Waals surface area (Å²) in [7, 11) is 1.66. The molecule has 4 rings (SSSR count). The number of piperidine rings is 1. The monoisotopic (exact) mass is 381 g/mol. The predicted molar refractivity (Wildman–Crippen MR) is 111 cm³/mol. The van der Waals surface area contributed by atoms with Crippen LogP contribution in [0.25, 0.3) is 0 Å². The summed E-state index contributed by atoms with van der Waals surface area (Å²) >= 11 is 5.60. The van der Waals surface area contributed by atoms with E-state index in [1.54, 1.807) is 7.11 Å². The van der Waals surface area contributed by atoms with Crippen LogP contribution in [0.15, 0.2) is 59.8 Å². The Bertz CT molecular complexity index is 846. The maximum atomic E-state index is 5.91. The summed E-state index contributed by atoms with van der Waals surface area (Å²) in [6.45, 7) is 1.71. The number of methoxy groups -OCH3 is 1. The van der Waals surface area contributed by atoms with Gasteiger partial charge in [0, 0.05) is 44.1 Å². The van der Waals surface area contributed by atoms with E-state index in [1.165, 1.54) is 0 Å². The number of oxime groups is 1. The lowest BCUT2D eigenvalue weighted by Gasteiger charge is -2.38. The van der Waals surface area contributed by atoms with Gasteiger partial charge < -0.3 is 19.8 Å². The molecule has 140 valence electrons. The number of likely N-dealkylation sites (tertiary alicyclic amines) is 1. The van der Waals surface area contributed by atoms with Gasteiger partial charge in [-0.2, -0.15) is 0 Å². The first-order valence-corrected chi connectivity index (χ1v) is 9.59. The molecule has 2 aliphatic heterocycles. The van der Waals surface area contributed by atoms with Crippen LogP contribution in [-0.4, -0.2) is 41.5 Å². The van der Waals surface area contributed by atoms with Crippen LogP contribution in [0, 0.1) is 0 Å². The normalized spacial score (nSPS) is 18.0. The van der Waals surface area contributed by atoms with Gasteiger partial charge in [-0.1, -0.05) is 41.6 Å². The number of thiocarbonyl (C=S) groups is 1. The van der Waals surface area contributed by atoms with E-state index in [4.69, 9.17) is 21.8 Å². The van der Waals surface area contributed by atoms with E-state index in [2.05, 4.69) is 27.5 Å². The highest BCUT2D eigenvalue weighted by Gasteiger charge is 2.42. The van der Waals surface area contributed by atoms with E-state index in [0.717, 1.165) is 60.2 Å². The standard InChI is InChI=1S/C21H23N3O2S/c1-25-18-9-5-8-17(14-18)22-20(27)24-12-10-21(11-13-24)15-19(23-26-21)16-6-3-2-4-7-16/h2-9,14H,10-13,15H2,1H3,(H,22,27). The van der Waals surface area contributed by atoms with Gasteiger partial charge >= 0.3 is 0 Å². The Morgan fingerprint density at radius 2 is 1.93 bits per heavy atom. The predicted octanol–water partition coefficient (Wildman–Crippen LogP) is 4.05. The fourth-order valence-corrected chi connectivity index (χ4v) is 3.90. The van der Waals surface area contributed by atoms with Crippen molar-refractivity contribution in [1.82, 2.24) is 4.90 Å². The summed E-state index contributed by atoms with van der Waals surface area (Å²) in [6, 6.07) is 18.1. The second-order valence-electron chi connectivity index (χ2n) is 7.00. The largest absolute Gasteiger partial charge is 0.497 e. The number of benzene rings is 2. The van der Waals surface area contributed by atoms with Crippen molar-refractivity contribution in [3.63, 3.8) is 0 Å². The molecule has 1 N–H and O–H groups in total. The Labute approximate surface area is 165 Å². The van der Waals surface area contributed by atoms with Crippen LogP contribution in [0.4, 0.5) is 5.69 Å². The second-order valence-corrected chi connectivity index (χ2v) is 7.39. The highest BCUT2D eigenvalue weighted by atomic mass is 32.1. The quantitative estimate of drug-likeness (QED) is 0.813. The molecule has 1 saturated heterocycles. The average molecular weight is 382 g/mol. The van der Waals surface area contributed by atoms with Crippen molar-refractivity contribution >= 4 is 28.7 Å². The van der Waals surface area contributed by atoms with Crippen LogP contribution in [0.3, 0.4) is 0 Å². The third kappa shape index (κ3) is 3.90. The minimum absolute atomic E-state index is 0.187. The van der Waals surface area contributed by atoms with E-state index in [-0.39, 0.29) is 5.60 Å². The zero-order valence-electron chi connectivity index (χ0n) is 15.4. The SMILES string of the molecule is COc1cccc(NC(=S)N2CCC3(CC2)CC(c2ccccc2)=NO3)c1. The number of rotatable bonds is 3. The van der Waals surface area contributed by atoms with E-state index in [9.17, 15) is 0 Å². The van der Waals surface area contributed by atoms with Gasteiger partial charge in [-0.25, -0.2) is 0 Å². The molecule has 2 aliphatic rings. The van der Waals surface area contributed by atoms with Crippen molar-refractivity contribution in [2.24, 2.45) is 5.16 Å². The highest BCUT2D eigenvalue weighted by Crippen LogP contribution is 2.36. The van der Waals surface area contributed by atoms with Crippen molar-refractivity contribution in [2.75, 3.05) is 25.5 Å². The molecule has 1 fully saturated rings. The first-order chi connectivity index (χ1) is 13.2. The molecule has 0 bridgehead atoms. The van der Waals surface area contributed by atoms with Crippen LogP contribution in [0.5, 0.6) is 5.75 Å². The number of ether oxygens (including phenoxy) is 1. The van der Waals surface area contributed by atoms with Crippen molar-refractivity contribution in [3.05, 3.63) is 60.2 Å². The van der Waals surface area contributed by atoms with E-state index in [0.29, 0.717) is 0 Å². The molecular weight excluding hydrogens is 358 g/mol. The average Bonchev–Trinajstić information content (AvgIpc) is 3.13. The van der Waals surface area contributed by atoms with Crippen LogP contribution >= 0.6 is 12.2 Å². The maximum absolute atomic E-state index is 5.91. The first-order valence-electron chi connectivity index (χ1n) is 9.18. The molecule has 2 aromatic rings. The Hall–Kier alpha value is -2.60. The zero-order chi connectivity index (χ0) is 18.7. The van der Waals surface area contributed by atoms with Gasteiger partial charge in [-0.3, -0.25) is 0 Å².